The molecule has 0 radical (unpaired) electrons. The molecule has 2 amide bonds. The smallest absolute Gasteiger partial charge is 0.416 e. The van der Waals surface area contributed by atoms with Gasteiger partial charge in [0.05, 0.1) is 23.3 Å². The molecule has 0 bridgehead atoms. The Bertz CT molecular complexity index is 1280. The standard InChI is InChI=1S/C33H40F6N2O4/c1-20(23-16-24(32(34,35)36)18-25(17-23)33(37,38)39)44-28-14-15-41(19-27(28)21-8-6-5-7-9-21)29(42)22-10-12-26(13-11-22)40-30(43)45-31(2,3)4/h5-9,16-18,20,22,26-28H,10-15,19H2,1-4H3,(H,40,43)/t20-,22?,26?,27+,28+/m0/s1. The van der Waals surface area contributed by atoms with Gasteiger partial charge in [-0.3, -0.25) is 4.79 Å². The number of hydrogen-bond donors (Lipinski definition) is 1. The largest absolute Gasteiger partial charge is 0.444 e. The van der Waals surface area contributed by atoms with Gasteiger partial charge in [-0.25, -0.2) is 4.79 Å². The highest BCUT2D eigenvalue weighted by Crippen LogP contribution is 2.40. The van der Waals surface area contributed by atoms with Crippen molar-refractivity contribution in [3.63, 3.8) is 0 Å². The van der Waals surface area contributed by atoms with Gasteiger partial charge in [-0.15, -0.1) is 0 Å². The number of alkyl halides is 6. The number of halogens is 6. The van der Waals surface area contributed by atoms with E-state index in [4.69, 9.17) is 9.47 Å². The summed E-state index contributed by atoms with van der Waals surface area (Å²) in [5.41, 5.74) is -2.76. The molecule has 45 heavy (non-hydrogen) atoms. The van der Waals surface area contributed by atoms with Gasteiger partial charge in [-0.2, -0.15) is 26.3 Å². The Labute approximate surface area is 259 Å². The Morgan fingerprint density at radius 3 is 1.98 bits per heavy atom. The van der Waals surface area contributed by atoms with E-state index < -0.39 is 47.4 Å². The number of hydrogen-bond acceptors (Lipinski definition) is 4. The van der Waals surface area contributed by atoms with Crippen LogP contribution in [0.1, 0.15) is 94.1 Å². The number of ether oxygens (including phenoxy) is 2. The Kier molecular flexibility index (Phi) is 10.5. The number of amides is 2. The number of alkyl carbamates (subject to hydrolysis) is 1. The second-order valence-corrected chi connectivity index (χ2v) is 12.9. The predicted octanol–water partition coefficient (Wildman–Crippen LogP) is 8.27. The van der Waals surface area contributed by atoms with E-state index >= 15 is 0 Å². The first-order chi connectivity index (χ1) is 20.9. The van der Waals surface area contributed by atoms with Crippen molar-refractivity contribution < 1.29 is 45.4 Å². The maximum absolute atomic E-state index is 13.6. The summed E-state index contributed by atoms with van der Waals surface area (Å²) in [5, 5.41) is 2.88. The molecule has 3 atom stereocenters. The van der Waals surface area contributed by atoms with Crippen molar-refractivity contribution in [1.29, 1.82) is 0 Å². The third-order valence-electron chi connectivity index (χ3n) is 8.34. The molecule has 248 valence electrons. The van der Waals surface area contributed by atoms with Gasteiger partial charge in [0.15, 0.2) is 0 Å². The van der Waals surface area contributed by atoms with Crippen LogP contribution in [-0.2, 0) is 26.6 Å². The summed E-state index contributed by atoms with van der Waals surface area (Å²) in [7, 11) is 0. The molecule has 1 saturated carbocycles. The Balaban J connectivity index is 1.45. The highest BCUT2D eigenvalue weighted by Gasteiger charge is 2.40. The van der Waals surface area contributed by atoms with Gasteiger partial charge in [0, 0.05) is 31.0 Å². The molecule has 2 aliphatic rings. The van der Waals surface area contributed by atoms with Crippen LogP contribution in [0.4, 0.5) is 31.1 Å². The molecule has 1 heterocycles. The average Bonchev–Trinajstić information content (AvgIpc) is 2.95. The first kappa shape index (κ1) is 34.6. The minimum Gasteiger partial charge on any atom is -0.444 e. The van der Waals surface area contributed by atoms with Crippen molar-refractivity contribution in [3.05, 3.63) is 70.8 Å². The second kappa shape index (κ2) is 13.6. The summed E-state index contributed by atoms with van der Waals surface area (Å²) in [6, 6.07) is 10.7. The van der Waals surface area contributed by atoms with Gasteiger partial charge in [-0.05, 0) is 89.1 Å². The van der Waals surface area contributed by atoms with Crippen molar-refractivity contribution in [3.8, 4) is 0 Å². The molecule has 1 aliphatic carbocycles. The summed E-state index contributed by atoms with van der Waals surface area (Å²) >= 11 is 0. The monoisotopic (exact) mass is 642 g/mol. The van der Waals surface area contributed by atoms with Gasteiger partial charge < -0.3 is 19.7 Å². The van der Waals surface area contributed by atoms with Gasteiger partial charge >= 0.3 is 18.4 Å². The number of nitrogens with one attached hydrogen (secondary N) is 1. The van der Waals surface area contributed by atoms with E-state index in [0.29, 0.717) is 57.3 Å². The topological polar surface area (TPSA) is 67.9 Å². The maximum Gasteiger partial charge on any atom is 0.416 e. The lowest BCUT2D eigenvalue weighted by atomic mass is 9.83. The first-order valence-corrected chi connectivity index (χ1v) is 15.2. The van der Waals surface area contributed by atoms with Gasteiger partial charge in [0.2, 0.25) is 5.91 Å². The third kappa shape index (κ3) is 9.37. The summed E-state index contributed by atoms with van der Waals surface area (Å²) in [4.78, 5) is 27.6. The molecule has 0 aromatic heterocycles. The lowest BCUT2D eigenvalue weighted by molar-refractivity contribution is -0.143. The molecule has 2 aromatic rings. The molecule has 12 heteroatoms. The second-order valence-electron chi connectivity index (χ2n) is 12.9. The van der Waals surface area contributed by atoms with Gasteiger partial charge in [0.25, 0.3) is 0 Å². The zero-order valence-corrected chi connectivity index (χ0v) is 25.8. The fourth-order valence-corrected chi connectivity index (χ4v) is 6.09. The van der Waals surface area contributed by atoms with Crippen LogP contribution in [0.5, 0.6) is 0 Å². The van der Waals surface area contributed by atoms with E-state index in [1.165, 1.54) is 6.92 Å². The average molecular weight is 643 g/mol. The summed E-state index contributed by atoms with van der Waals surface area (Å²) in [5.74, 6) is -0.573. The maximum atomic E-state index is 13.6. The number of likely N-dealkylation sites (tertiary alicyclic amines) is 1. The predicted molar refractivity (Wildman–Crippen MR) is 155 cm³/mol. The van der Waals surface area contributed by atoms with E-state index in [1.54, 1.807) is 25.7 Å². The van der Waals surface area contributed by atoms with Crippen LogP contribution < -0.4 is 5.32 Å². The Hall–Kier alpha value is -3.28. The van der Waals surface area contributed by atoms with Crippen LogP contribution in [0.25, 0.3) is 0 Å². The zero-order valence-electron chi connectivity index (χ0n) is 25.8. The lowest BCUT2D eigenvalue weighted by Crippen LogP contribution is -2.49. The number of benzene rings is 2. The van der Waals surface area contributed by atoms with Crippen molar-refractivity contribution in [1.82, 2.24) is 10.2 Å². The normalized spacial score (nSPS) is 23.7. The molecular weight excluding hydrogens is 602 g/mol. The SMILES string of the molecule is C[C@H](O[C@@H]1CCN(C(=O)C2CCC(NC(=O)OC(C)(C)C)CC2)C[C@@H]1c1ccccc1)c1cc(C(F)(F)F)cc(C(F)(F)F)c1. The minimum atomic E-state index is -4.96. The van der Waals surface area contributed by atoms with E-state index in [9.17, 15) is 35.9 Å². The van der Waals surface area contributed by atoms with Gasteiger partial charge in [-0.1, -0.05) is 30.3 Å². The summed E-state index contributed by atoms with van der Waals surface area (Å²) in [6.07, 6.45) is -9.21. The van der Waals surface area contributed by atoms with E-state index in [0.717, 1.165) is 5.56 Å². The molecule has 1 N–H and O–H groups in total. The van der Waals surface area contributed by atoms with Crippen molar-refractivity contribution in [2.45, 2.75) is 102 Å². The number of rotatable bonds is 6. The van der Waals surface area contributed by atoms with Crippen LogP contribution in [-0.4, -0.2) is 47.7 Å². The van der Waals surface area contributed by atoms with E-state index in [-0.39, 0.29) is 35.4 Å². The molecule has 4 rings (SSSR count). The van der Waals surface area contributed by atoms with Crippen molar-refractivity contribution in [2.75, 3.05) is 13.1 Å². The van der Waals surface area contributed by atoms with Crippen LogP contribution in [0.15, 0.2) is 48.5 Å². The quantitative estimate of drug-likeness (QED) is 0.322. The van der Waals surface area contributed by atoms with Crippen LogP contribution in [0, 0.1) is 5.92 Å². The highest BCUT2D eigenvalue weighted by atomic mass is 19.4. The number of piperidine rings is 1. The van der Waals surface area contributed by atoms with E-state index in [1.807, 2.05) is 30.3 Å². The molecule has 1 saturated heterocycles. The van der Waals surface area contributed by atoms with Gasteiger partial charge in [0.1, 0.15) is 5.60 Å². The third-order valence-corrected chi connectivity index (χ3v) is 8.34. The molecule has 6 nitrogen and oxygen atoms in total. The summed E-state index contributed by atoms with van der Waals surface area (Å²) < 4.78 is 92.4. The van der Waals surface area contributed by atoms with Crippen molar-refractivity contribution >= 4 is 12.0 Å². The molecule has 0 spiro atoms. The van der Waals surface area contributed by atoms with Crippen molar-refractivity contribution in [2.24, 2.45) is 5.92 Å². The zero-order chi connectivity index (χ0) is 33.2. The Morgan fingerprint density at radius 1 is 0.867 bits per heavy atom. The molecule has 2 aromatic carbocycles. The molecule has 2 fully saturated rings. The van der Waals surface area contributed by atoms with E-state index in [2.05, 4.69) is 5.32 Å². The van der Waals surface area contributed by atoms with Crippen LogP contribution in [0.2, 0.25) is 0 Å². The minimum absolute atomic E-state index is 0.00848. The number of nitrogens with zero attached hydrogens (tertiary/aromatic N) is 1. The number of carbonyl (C=O) groups is 2. The fourth-order valence-electron chi connectivity index (χ4n) is 6.09. The lowest BCUT2D eigenvalue weighted by Gasteiger charge is -2.42. The number of carbonyl (C=O) groups excluding carboxylic acids is 2. The van der Waals surface area contributed by atoms with Crippen LogP contribution >= 0.6 is 0 Å². The molecule has 1 aliphatic heterocycles. The fraction of sp³-hybridized carbons (Fsp3) is 0.576. The molecular formula is C33H40F6N2O4. The first-order valence-electron chi connectivity index (χ1n) is 15.2. The molecule has 0 unspecified atom stereocenters. The highest BCUT2D eigenvalue weighted by molar-refractivity contribution is 5.79. The van der Waals surface area contributed by atoms with Crippen LogP contribution in [0.3, 0.4) is 0 Å². The summed E-state index contributed by atoms with van der Waals surface area (Å²) in [6.45, 7) is 7.44. The Morgan fingerprint density at radius 2 is 1.44 bits per heavy atom.